The highest BCUT2D eigenvalue weighted by atomic mass is 19.2. The molecule has 0 radical (unpaired) electrons. The summed E-state index contributed by atoms with van der Waals surface area (Å²) in [4.78, 5) is 12.5. The zero-order valence-electron chi connectivity index (χ0n) is 19.9. The number of hydrogen-bond donors (Lipinski definition) is 0. The van der Waals surface area contributed by atoms with Gasteiger partial charge in [0.1, 0.15) is 0 Å². The van der Waals surface area contributed by atoms with Crippen molar-refractivity contribution in [3.63, 3.8) is 0 Å². The van der Waals surface area contributed by atoms with Crippen LogP contribution in [0.1, 0.15) is 22.3 Å². The summed E-state index contributed by atoms with van der Waals surface area (Å²) >= 11 is 0. The molecule has 0 N–H and O–H groups in total. The van der Waals surface area contributed by atoms with E-state index in [4.69, 9.17) is 9.47 Å². The quantitative estimate of drug-likeness (QED) is 0.0797. The van der Waals surface area contributed by atoms with Crippen molar-refractivity contribution in [2.45, 2.75) is 13.3 Å². The Balaban J connectivity index is 1.50. The summed E-state index contributed by atoms with van der Waals surface area (Å²) in [5.74, 6) is -6.39. The molecule has 3 nitrogen and oxygen atoms in total. The lowest BCUT2D eigenvalue weighted by atomic mass is 10.0. The van der Waals surface area contributed by atoms with Gasteiger partial charge >= 0.3 is 5.97 Å². The number of carbonyl (C=O) groups is 1. The Bertz CT molecular complexity index is 1450. The van der Waals surface area contributed by atoms with Crippen LogP contribution < -0.4 is 9.47 Å². The first-order valence-corrected chi connectivity index (χ1v) is 11.4. The van der Waals surface area contributed by atoms with E-state index in [-0.39, 0.29) is 29.0 Å². The van der Waals surface area contributed by atoms with Crippen LogP contribution in [-0.2, 0) is 0 Å². The number of halogens is 4. The Hall–Kier alpha value is -4.39. The SMILES string of the molecule is C=CCCOc1ccc(-c2ccc(C(=O)Oc3ccc(-c4ccc(C)cc4)c(F)c3F)cc2)c(F)c1F. The molecular weight excluding hydrogens is 484 g/mol. The van der Waals surface area contributed by atoms with E-state index < -0.39 is 35.0 Å². The lowest BCUT2D eigenvalue weighted by molar-refractivity contribution is 0.0726. The molecule has 0 bridgehead atoms. The van der Waals surface area contributed by atoms with Crippen molar-refractivity contribution < 1.29 is 31.8 Å². The molecule has 0 unspecified atom stereocenters. The summed E-state index contributed by atoms with van der Waals surface area (Å²) in [6.07, 6.45) is 2.08. The number of aryl methyl sites for hydroxylation is 1. The number of ether oxygens (including phenoxy) is 2. The Kier molecular flexibility index (Phi) is 7.72. The van der Waals surface area contributed by atoms with E-state index in [9.17, 15) is 22.4 Å². The monoisotopic (exact) mass is 506 g/mol. The maximum Gasteiger partial charge on any atom is 0.343 e. The van der Waals surface area contributed by atoms with Crippen molar-refractivity contribution in [1.82, 2.24) is 0 Å². The summed E-state index contributed by atoms with van der Waals surface area (Å²) in [5, 5.41) is 0. The van der Waals surface area contributed by atoms with Gasteiger partial charge in [-0.15, -0.1) is 6.58 Å². The van der Waals surface area contributed by atoms with Crippen molar-refractivity contribution >= 4 is 5.97 Å². The third-order valence-electron chi connectivity index (χ3n) is 5.67. The molecule has 0 aliphatic carbocycles. The maximum atomic E-state index is 14.7. The molecule has 7 heteroatoms. The van der Waals surface area contributed by atoms with Crippen molar-refractivity contribution in [2.75, 3.05) is 6.61 Å². The molecule has 4 aromatic carbocycles. The average molecular weight is 506 g/mol. The number of rotatable bonds is 8. The lowest BCUT2D eigenvalue weighted by Gasteiger charge is -2.11. The van der Waals surface area contributed by atoms with Crippen LogP contribution >= 0.6 is 0 Å². The van der Waals surface area contributed by atoms with Gasteiger partial charge in [0.2, 0.25) is 11.6 Å². The first-order valence-electron chi connectivity index (χ1n) is 11.4. The van der Waals surface area contributed by atoms with Gasteiger partial charge in [0.15, 0.2) is 23.1 Å². The Morgan fingerprint density at radius 1 is 0.730 bits per heavy atom. The van der Waals surface area contributed by atoms with Gasteiger partial charge in [-0.1, -0.05) is 48.0 Å². The maximum absolute atomic E-state index is 14.7. The standard InChI is InChI=1S/C30H22F4O3/c1-3-4-17-36-24-15-13-22(26(31)28(24)33)20-9-11-21(12-10-20)30(35)37-25-16-14-23(27(32)29(25)34)19-7-5-18(2)6-8-19/h3,5-16H,1,4,17H2,2H3. The Morgan fingerprint density at radius 3 is 1.81 bits per heavy atom. The second-order valence-corrected chi connectivity index (χ2v) is 8.24. The van der Waals surface area contributed by atoms with E-state index in [2.05, 4.69) is 6.58 Å². The number of carbonyl (C=O) groups excluding carboxylic acids is 1. The summed E-state index contributed by atoms with van der Waals surface area (Å²) in [6.45, 7) is 5.58. The smallest absolute Gasteiger partial charge is 0.343 e. The molecule has 0 aromatic heterocycles. The average Bonchev–Trinajstić information content (AvgIpc) is 2.90. The fourth-order valence-electron chi connectivity index (χ4n) is 3.63. The number of benzene rings is 4. The van der Waals surface area contributed by atoms with Crippen LogP contribution in [0.25, 0.3) is 22.3 Å². The van der Waals surface area contributed by atoms with Gasteiger partial charge in [-0.2, -0.15) is 8.78 Å². The van der Waals surface area contributed by atoms with Gasteiger partial charge in [-0.05, 0) is 60.9 Å². The van der Waals surface area contributed by atoms with Crippen LogP contribution in [0.5, 0.6) is 11.5 Å². The molecule has 4 aromatic rings. The van der Waals surface area contributed by atoms with E-state index in [0.29, 0.717) is 17.5 Å². The molecule has 188 valence electrons. The van der Waals surface area contributed by atoms with Crippen molar-refractivity contribution in [3.05, 3.63) is 120 Å². The van der Waals surface area contributed by atoms with Crippen molar-refractivity contribution in [3.8, 4) is 33.8 Å². The highest BCUT2D eigenvalue weighted by Crippen LogP contribution is 2.32. The zero-order valence-corrected chi connectivity index (χ0v) is 19.9. The summed E-state index contributed by atoms with van der Waals surface area (Å²) < 4.78 is 68.6. The van der Waals surface area contributed by atoms with Gasteiger partial charge in [0, 0.05) is 11.1 Å². The third kappa shape index (κ3) is 5.56. The third-order valence-corrected chi connectivity index (χ3v) is 5.67. The molecule has 37 heavy (non-hydrogen) atoms. The predicted molar refractivity (Wildman–Crippen MR) is 134 cm³/mol. The molecule has 0 amide bonds. The normalized spacial score (nSPS) is 10.7. The number of hydrogen-bond acceptors (Lipinski definition) is 3. The first-order chi connectivity index (χ1) is 17.8. The largest absolute Gasteiger partial charge is 0.490 e. The van der Waals surface area contributed by atoms with Crippen LogP contribution in [0.3, 0.4) is 0 Å². The molecule has 0 saturated carbocycles. The van der Waals surface area contributed by atoms with E-state index in [1.54, 1.807) is 30.3 Å². The minimum Gasteiger partial charge on any atom is -0.490 e. The second-order valence-electron chi connectivity index (χ2n) is 8.24. The van der Waals surface area contributed by atoms with Crippen LogP contribution in [-0.4, -0.2) is 12.6 Å². The van der Waals surface area contributed by atoms with E-state index in [1.165, 1.54) is 48.5 Å². The molecule has 0 heterocycles. The molecular formula is C30H22F4O3. The molecule has 0 atom stereocenters. The van der Waals surface area contributed by atoms with E-state index in [1.807, 2.05) is 6.92 Å². The van der Waals surface area contributed by atoms with Gasteiger partial charge < -0.3 is 9.47 Å². The minimum atomic E-state index is -1.30. The topological polar surface area (TPSA) is 35.5 Å². The van der Waals surface area contributed by atoms with Crippen LogP contribution in [0.2, 0.25) is 0 Å². The molecule has 0 aliphatic rings. The summed E-state index contributed by atoms with van der Waals surface area (Å²) in [5.41, 5.74) is 1.76. The van der Waals surface area contributed by atoms with Gasteiger partial charge in [-0.3, -0.25) is 0 Å². The summed E-state index contributed by atoms with van der Waals surface area (Å²) in [6, 6.07) is 17.5. The fourth-order valence-corrected chi connectivity index (χ4v) is 3.63. The molecule has 0 fully saturated rings. The zero-order chi connectivity index (χ0) is 26.5. The van der Waals surface area contributed by atoms with Crippen LogP contribution in [0, 0.1) is 30.2 Å². The highest BCUT2D eigenvalue weighted by molar-refractivity contribution is 5.91. The van der Waals surface area contributed by atoms with Crippen molar-refractivity contribution in [2.24, 2.45) is 0 Å². The highest BCUT2D eigenvalue weighted by Gasteiger charge is 2.20. The summed E-state index contributed by atoms with van der Waals surface area (Å²) in [7, 11) is 0. The van der Waals surface area contributed by atoms with Gasteiger partial charge in [-0.25, -0.2) is 13.6 Å². The molecule has 4 rings (SSSR count). The van der Waals surface area contributed by atoms with Gasteiger partial charge in [0.05, 0.1) is 12.2 Å². The van der Waals surface area contributed by atoms with E-state index in [0.717, 1.165) is 5.56 Å². The predicted octanol–water partition coefficient (Wildman–Crippen LogP) is 8.06. The van der Waals surface area contributed by atoms with Crippen molar-refractivity contribution in [1.29, 1.82) is 0 Å². The lowest BCUT2D eigenvalue weighted by Crippen LogP contribution is -2.10. The van der Waals surface area contributed by atoms with Crippen LogP contribution in [0.4, 0.5) is 17.6 Å². The Labute approximate surface area is 211 Å². The van der Waals surface area contributed by atoms with E-state index >= 15 is 0 Å². The number of esters is 1. The Morgan fingerprint density at radius 2 is 1.24 bits per heavy atom. The first kappa shape index (κ1) is 25.7. The van der Waals surface area contributed by atoms with Gasteiger partial charge in [0.25, 0.3) is 0 Å². The molecule has 0 spiro atoms. The minimum absolute atomic E-state index is 0.0106. The molecule has 0 saturated heterocycles. The molecule has 0 aliphatic heterocycles. The fraction of sp³-hybridized carbons (Fsp3) is 0.100. The second kappa shape index (κ2) is 11.1. The van der Waals surface area contributed by atoms with Crippen LogP contribution in [0.15, 0.2) is 85.5 Å².